The summed E-state index contributed by atoms with van der Waals surface area (Å²) in [4.78, 5) is 3.89. The summed E-state index contributed by atoms with van der Waals surface area (Å²) in [7, 11) is 1.77. The van der Waals surface area contributed by atoms with Gasteiger partial charge < -0.3 is 5.73 Å². The molecule has 2 N–H and O–H groups in total. The predicted molar refractivity (Wildman–Crippen MR) is 53.3 cm³/mol. The summed E-state index contributed by atoms with van der Waals surface area (Å²) < 4.78 is 0. The first-order valence-electron chi connectivity index (χ1n) is 4.72. The second-order valence-electron chi connectivity index (χ2n) is 3.41. The maximum absolute atomic E-state index is 5.90. The van der Waals surface area contributed by atoms with Gasteiger partial charge in [-0.15, -0.1) is 0 Å². The largest absolute Gasteiger partial charge is 0.402 e. The second-order valence-corrected chi connectivity index (χ2v) is 3.41. The van der Waals surface area contributed by atoms with E-state index in [0.717, 1.165) is 5.70 Å². The minimum Gasteiger partial charge on any atom is -0.402 e. The number of allylic oxidation sites excluding steroid dienone is 2. The van der Waals surface area contributed by atoms with Gasteiger partial charge in [-0.2, -0.15) is 0 Å². The molecule has 2 nitrogen and oxygen atoms in total. The van der Waals surface area contributed by atoms with Gasteiger partial charge in [-0.05, 0) is 24.8 Å². The molecule has 12 heavy (non-hydrogen) atoms. The van der Waals surface area contributed by atoms with Crippen LogP contribution in [0.2, 0.25) is 0 Å². The summed E-state index contributed by atoms with van der Waals surface area (Å²) >= 11 is 0. The van der Waals surface area contributed by atoms with Crippen LogP contribution in [0.1, 0.15) is 32.1 Å². The van der Waals surface area contributed by atoms with Gasteiger partial charge in [-0.25, -0.2) is 0 Å². The zero-order valence-corrected chi connectivity index (χ0v) is 7.79. The molecule has 0 amide bonds. The van der Waals surface area contributed by atoms with Crippen LogP contribution in [0.4, 0.5) is 0 Å². The van der Waals surface area contributed by atoms with E-state index in [0.29, 0.717) is 5.92 Å². The van der Waals surface area contributed by atoms with Crippen molar-refractivity contribution in [1.29, 1.82) is 0 Å². The van der Waals surface area contributed by atoms with E-state index in [1.54, 1.807) is 13.3 Å². The van der Waals surface area contributed by atoms with Crippen molar-refractivity contribution in [2.24, 2.45) is 16.6 Å². The Morgan fingerprint density at radius 2 is 2.00 bits per heavy atom. The maximum Gasteiger partial charge on any atom is 0.0277 e. The van der Waals surface area contributed by atoms with Crippen LogP contribution >= 0.6 is 0 Å². The second kappa shape index (κ2) is 4.96. The van der Waals surface area contributed by atoms with E-state index < -0.39 is 0 Å². The molecular weight excluding hydrogens is 148 g/mol. The van der Waals surface area contributed by atoms with Gasteiger partial charge in [-0.3, -0.25) is 4.99 Å². The van der Waals surface area contributed by atoms with E-state index in [1.165, 1.54) is 32.1 Å². The average molecular weight is 166 g/mol. The lowest BCUT2D eigenvalue weighted by Gasteiger charge is -2.21. The molecule has 0 aromatic carbocycles. The first kappa shape index (κ1) is 9.30. The lowest BCUT2D eigenvalue weighted by Crippen LogP contribution is -2.15. The van der Waals surface area contributed by atoms with Crippen LogP contribution < -0.4 is 5.73 Å². The molecule has 0 atom stereocenters. The van der Waals surface area contributed by atoms with Crippen LogP contribution in [-0.4, -0.2) is 13.3 Å². The quantitative estimate of drug-likeness (QED) is 0.627. The zero-order chi connectivity index (χ0) is 8.81. The lowest BCUT2D eigenvalue weighted by molar-refractivity contribution is 0.400. The molecule has 0 heterocycles. The number of aliphatic imine (C=N–C) groups is 1. The fourth-order valence-electron chi connectivity index (χ4n) is 1.73. The molecule has 0 spiro atoms. The smallest absolute Gasteiger partial charge is 0.0277 e. The molecule has 0 radical (unpaired) electrons. The van der Waals surface area contributed by atoms with Crippen LogP contribution in [0, 0.1) is 5.92 Å². The Kier molecular flexibility index (Phi) is 3.85. The number of hydrogen-bond acceptors (Lipinski definition) is 2. The Morgan fingerprint density at radius 3 is 2.58 bits per heavy atom. The van der Waals surface area contributed by atoms with E-state index >= 15 is 0 Å². The van der Waals surface area contributed by atoms with Crippen molar-refractivity contribution in [1.82, 2.24) is 0 Å². The van der Waals surface area contributed by atoms with Crippen molar-refractivity contribution < 1.29 is 0 Å². The van der Waals surface area contributed by atoms with Gasteiger partial charge in [0.15, 0.2) is 0 Å². The number of nitrogens with two attached hydrogens (primary N) is 1. The third kappa shape index (κ3) is 2.68. The van der Waals surface area contributed by atoms with Crippen molar-refractivity contribution in [2.45, 2.75) is 32.1 Å². The molecule has 1 aliphatic carbocycles. The van der Waals surface area contributed by atoms with Crippen molar-refractivity contribution in [2.75, 3.05) is 7.05 Å². The number of nitrogens with zero attached hydrogens (tertiary/aromatic N) is 1. The minimum absolute atomic E-state index is 0.622. The zero-order valence-electron chi connectivity index (χ0n) is 7.79. The fourth-order valence-corrected chi connectivity index (χ4v) is 1.73. The van der Waals surface area contributed by atoms with Crippen molar-refractivity contribution >= 4 is 6.21 Å². The number of rotatable bonds is 2. The van der Waals surface area contributed by atoms with E-state index in [9.17, 15) is 0 Å². The van der Waals surface area contributed by atoms with Crippen LogP contribution in [0.15, 0.2) is 16.8 Å². The molecule has 0 bridgehead atoms. The number of hydrogen-bond donors (Lipinski definition) is 1. The molecule has 0 unspecified atom stereocenters. The van der Waals surface area contributed by atoms with E-state index in [4.69, 9.17) is 5.73 Å². The molecule has 1 rings (SSSR count). The molecule has 0 aromatic heterocycles. The molecule has 2 heteroatoms. The highest BCUT2D eigenvalue weighted by Gasteiger charge is 2.14. The van der Waals surface area contributed by atoms with Gasteiger partial charge in [0.1, 0.15) is 0 Å². The third-order valence-corrected chi connectivity index (χ3v) is 2.49. The lowest BCUT2D eigenvalue weighted by atomic mass is 9.87. The Hall–Kier alpha value is -0.790. The van der Waals surface area contributed by atoms with E-state index in [1.807, 2.05) is 6.08 Å². The maximum atomic E-state index is 5.90. The van der Waals surface area contributed by atoms with Crippen molar-refractivity contribution in [3.8, 4) is 0 Å². The van der Waals surface area contributed by atoms with Crippen molar-refractivity contribution in [3.63, 3.8) is 0 Å². The SMILES string of the molecule is CN=CC=C(N)C1CCCCC1. The summed E-state index contributed by atoms with van der Waals surface area (Å²) in [5, 5.41) is 0. The van der Waals surface area contributed by atoms with Crippen molar-refractivity contribution in [3.05, 3.63) is 11.8 Å². The van der Waals surface area contributed by atoms with Gasteiger partial charge >= 0.3 is 0 Å². The van der Waals surface area contributed by atoms with Crippen LogP contribution in [0.5, 0.6) is 0 Å². The standard InChI is InChI=1S/C10H18N2/c1-12-8-7-10(11)9-5-3-2-4-6-9/h7-9H,2-6,11H2,1H3. The Bertz CT molecular complexity index is 176. The fraction of sp³-hybridized carbons (Fsp3) is 0.700. The summed E-state index contributed by atoms with van der Waals surface area (Å²) in [6.45, 7) is 0. The monoisotopic (exact) mass is 166 g/mol. The molecule has 68 valence electrons. The molecule has 1 aliphatic rings. The predicted octanol–water partition coefficient (Wildman–Crippen LogP) is 2.11. The van der Waals surface area contributed by atoms with Crippen LogP contribution in [-0.2, 0) is 0 Å². The first-order valence-corrected chi connectivity index (χ1v) is 4.72. The average Bonchev–Trinajstić information content (AvgIpc) is 2.15. The van der Waals surface area contributed by atoms with Gasteiger partial charge in [0, 0.05) is 19.0 Å². The van der Waals surface area contributed by atoms with Crippen LogP contribution in [0.25, 0.3) is 0 Å². The normalized spacial score (nSPS) is 21.9. The van der Waals surface area contributed by atoms with Crippen LogP contribution in [0.3, 0.4) is 0 Å². The molecular formula is C10H18N2. The summed E-state index contributed by atoms with van der Waals surface area (Å²) in [5.41, 5.74) is 6.92. The summed E-state index contributed by atoms with van der Waals surface area (Å²) in [5.74, 6) is 0.622. The molecule has 1 saturated carbocycles. The summed E-state index contributed by atoms with van der Waals surface area (Å²) in [6.07, 6.45) is 10.3. The first-order chi connectivity index (χ1) is 5.84. The highest BCUT2D eigenvalue weighted by molar-refractivity contribution is 5.71. The third-order valence-electron chi connectivity index (χ3n) is 2.49. The highest BCUT2D eigenvalue weighted by Crippen LogP contribution is 2.26. The molecule has 0 aliphatic heterocycles. The Balaban J connectivity index is 2.44. The molecule has 0 aromatic rings. The van der Waals surface area contributed by atoms with Gasteiger partial charge in [0.2, 0.25) is 0 Å². The van der Waals surface area contributed by atoms with E-state index in [-0.39, 0.29) is 0 Å². The molecule has 1 fully saturated rings. The Labute approximate surface area is 74.6 Å². The van der Waals surface area contributed by atoms with Gasteiger partial charge in [-0.1, -0.05) is 19.3 Å². The molecule has 0 saturated heterocycles. The van der Waals surface area contributed by atoms with Gasteiger partial charge in [0.05, 0.1) is 0 Å². The minimum atomic E-state index is 0.622. The van der Waals surface area contributed by atoms with E-state index in [2.05, 4.69) is 4.99 Å². The summed E-state index contributed by atoms with van der Waals surface area (Å²) in [6, 6.07) is 0. The topological polar surface area (TPSA) is 38.4 Å². The Morgan fingerprint density at radius 1 is 1.33 bits per heavy atom. The van der Waals surface area contributed by atoms with Gasteiger partial charge in [0.25, 0.3) is 0 Å². The highest BCUT2D eigenvalue weighted by atomic mass is 14.6.